The molecule has 4 aromatic rings. The summed E-state index contributed by atoms with van der Waals surface area (Å²) in [5, 5.41) is 7.93. The van der Waals surface area contributed by atoms with Crippen LogP contribution in [0.5, 0.6) is 5.75 Å². The van der Waals surface area contributed by atoms with Crippen molar-refractivity contribution in [1.29, 1.82) is 0 Å². The van der Waals surface area contributed by atoms with Crippen LogP contribution in [0.2, 0.25) is 10.0 Å². The van der Waals surface area contributed by atoms with E-state index in [0.29, 0.717) is 39.3 Å². The number of benzene rings is 3. The first-order valence-electron chi connectivity index (χ1n) is 9.73. The minimum Gasteiger partial charge on any atom is -0.489 e. The molecule has 0 radical (unpaired) electrons. The Bertz CT molecular complexity index is 1220. The number of nitrogens with one attached hydrogen (secondary N) is 1. The second-order valence-corrected chi connectivity index (χ2v) is 7.84. The number of nitrogens with zero attached hydrogens (tertiary/aromatic N) is 2. The SMILES string of the molecule is O=C(Nc1ccn(Cc2c(F)cccc2Cl)n1)c1ccc(COc2cccc(Cl)c2)cc1. The molecule has 0 unspecified atom stereocenters. The first-order chi connectivity index (χ1) is 15.5. The van der Waals surface area contributed by atoms with Crippen LogP contribution in [-0.2, 0) is 13.2 Å². The summed E-state index contributed by atoms with van der Waals surface area (Å²) in [6.07, 6.45) is 1.65. The summed E-state index contributed by atoms with van der Waals surface area (Å²) in [6, 6.07) is 20.4. The predicted octanol–water partition coefficient (Wildman–Crippen LogP) is 6.21. The van der Waals surface area contributed by atoms with E-state index < -0.39 is 5.82 Å². The molecule has 0 spiro atoms. The average Bonchev–Trinajstić information content (AvgIpc) is 3.22. The van der Waals surface area contributed by atoms with Crippen molar-refractivity contribution in [3.63, 3.8) is 0 Å². The second-order valence-electron chi connectivity index (χ2n) is 7.00. The number of aromatic nitrogens is 2. The molecule has 8 heteroatoms. The van der Waals surface area contributed by atoms with Gasteiger partial charge in [0, 0.05) is 33.4 Å². The fraction of sp³-hybridized carbons (Fsp3) is 0.0833. The quantitative estimate of drug-likeness (QED) is 0.350. The van der Waals surface area contributed by atoms with Gasteiger partial charge in [-0.2, -0.15) is 5.10 Å². The van der Waals surface area contributed by atoms with E-state index in [4.69, 9.17) is 27.9 Å². The van der Waals surface area contributed by atoms with Gasteiger partial charge in [0.25, 0.3) is 5.91 Å². The van der Waals surface area contributed by atoms with E-state index >= 15 is 0 Å². The maximum Gasteiger partial charge on any atom is 0.256 e. The highest BCUT2D eigenvalue weighted by Crippen LogP contribution is 2.21. The van der Waals surface area contributed by atoms with Gasteiger partial charge >= 0.3 is 0 Å². The van der Waals surface area contributed by atoms with Gasteiger partial charge in [-0.1, -0.05) is 47.5 Å². The number of hydrogen-bond donors (Lipinski definition) is 1. The van der Waals surface area contributed by atoms with Crippen LogP contribution in [0.15, 0.2) is 79.0 Å². The summed E-state index contributed by atoms with van der Waals surface area (Å²) in [5.74, 6) is 0.321. The van der Waals surface area contributed by atoms with Gasteiger partial charge in [-0.15, -0.1) is 0 Å². The maximum absolute atomic E-state index is 14.0. The molecule has 5 nitrogen and oxygen atoms in total. The standard InChI is InChI=1S/C24H18Cl2FN3O2/c25-18-3-1-4-19(13-18)32-15-16-7-9-17(10-8-16)24(31)28-23-11-12-30(29-23)14-20-21(26)5-2-6-22(20)27/h1-13H,14-15H2,(H,28,29,31). The number of anilines is 1. The van der Waals surface area contributed by atoms with Crippen molar-refractivity contribution in [2.24, 2.45) is 0 Å². The zero-order chi connectivity index (χ0) is 22.5. The lowest BCUT2D eigenvalue weighted by molar-refractivity contribution is 0.102. The molecule has 1 aromatic heterocycles. The summed E-state index contributed by atoms with van der Waals surface area (Å²) in [7, 11) is 0. The van der Waals surface area contributed by atoms with Crippen molar-refractivity contribution >= 4 is 34.9 Å². The van der Waals surface area contributed by atoms with Gasteiger partial charge in [0.15, 0.2) is 5.82 Å². The van der Waals surface area contributed by atoms with E-state index in [1.165, 1.54) is 10.7 Å². The number of carbonyl (C=O) groups excluding carboxylic acids is 1. The van der Waals surface area contributed by atoms with Crippen molar-refractivity contribution < 1.29 is 13.9 Å². The maximum atomic E-state index is 14.0. The van der Waals surface area contributed by atoms with Crippen LogP contribution in [0.25, 0.3) is 0 Å². The monoisotopic (exact) mass is 469 g/mol. The summed E-state index contributed by atoms with van der Waals surface area (Å²) in [6.45, 7) is 0.508. The summed E-state index contributed by atoms with van der Waals surface area (Å²) < 4.78 is 21.2. The Morgan fingerprint density at radius 1 is 1.03 bits per heavy atom. The zero-order valence-corrected chi connectivity index (χ0v) is 18.3. The Morgan fingerprint density at radius 2 is 1.81 bits per heavy atom. The minimum atomic E-state index is -0.405. The number of halogens is 3. The van der Waals surface area contributed by atoms with Crippen LogP contribution in [0.1, 0.15) is 21.5 Å². The second kappa shape index (κ2) is 9.85. The third-order valence-corrected chi connectivity index (χ3v) is 5.27. The first-order valence-corrected chi connectivity index (χ1v) is 10.5. The van der Waals surface area contributed by atoms with Crippen LogP contribution in [0.4, 0.5) is 10.2 Å². The van der Waals surface area contributed by atoms with E-state index in [9.17, 15) is 9.18 Å². The smallest absolute Gasteiger partial charge is 0.256 e. The largest absolute Gasteiger partial charge is 0.489 e. The van der Waals surface area contributed by atoms with Crippen molar-refractivity contribution in [3.8, 4) is 5.75 Å². The Morgan fingerprint density at radius 3 is 2.56 bits per heavy atom. The van der Waals surface area contributed by atoms with Crippen LogP contribution < -0.4 is 10.1 Å². The minimum absolute atomic E-state index is 0.155. The topological polar surface area (TPSA) is 56.2 Å². The molecule has 0 aliphatic heterocycles. The molecule has 0 aliphatic carbocycles. The number of hydrogen-bond acceptors (Lipinski definition) is 3. The lowest BCUT2D eigenvalue weighted by Crippen LogP contribution is -2.13. The molecule has 0 bridgehead atoms. The van der Waals surface area contributed by atoms with Crippen molar-refractivity contribution in [2.75, 3.05) is 5.32 Å². The van der Waals surface area contributed by atoms with Gasteiger partial charge in [-0.05, 0) is 48.0 Å². The Balaban J connectivity index is 1.35. The molecule has 1 heterocycles. The van der Waals surface area contributed by atoms with Gasteiger partial charge in [-0.25, -0.2) is 4.39 Å². The number of ether oxygens (including phenoxy) is 1. The van der Waals surface area contributed by atoms with Crippen molar-refractivity contribution in [2.45, 2.75) is 13.2 Å². The number of carbonyl (C=O) groups is 1. The summed E-state index contributed by atoms with van der Waals surface area (Å²) in [5.41, 5.74) is 1.72. The molecule has 0 fully saturated rings. The molecular formula is C24H18Cl2FN3O2. The Kier molecular flexibility index (Phi) is 6.73. The summed E-state index contributed by atoms with van der Waals surface area (Å²) in [4.78, 5) is 12.5. The van der Waals surface area contributed by atoms with Crippen LogP contribution in [0.3, 0.4) is 0 Å². The molecule has 32 heavy (non-hydrogen) atoms. The third kappa shape index (κ3) is 5.46. The summed E-state index contributed by atoms with van der Waals surface area (Å²) >= 11 is 12.0. The van der Waals surface area contributed by atoms with Crippen LogP contribution >= 0.6 is 23.2 Å². The van der Waals surface area contributed by atoms with Crippen LogP contribution in [-0.4, -0.2) is 15.7 Å². The highest BCUT2D eigenvalue weighted by atomic mass is 35.5. The van der Waals surface area contributed by atoms with Gasteiger partial charge in [0.1, 0.15) is 18.2 Å². The highest BCUT2D eigenvalue weighted by Gasteiger charge is 2.11. The van der Waals surface area contributed by atoms with E-state index in [-0.39, 0.29) is 12.5 Å². The third-order valence-electron chi connectivity index (χ3n) is 4.68. The number of rotatable bonds is 7. The van der Waals surface area contributed by atoms with Crippen molar-refractivity contribution in [1.82, 2.24) is 9.78 Å². The molecule has 0 saturated carbocycles. The van der Waals surface area contributed by atoms with E-state index in [1.54, 1.807) is 48.7 Å². The highest BCUT2D eigenvalue weighted by molar-refractivity contribution is 6.31. The lowest BCUT2D eigenvalue weighted by atomic mass is 10.1. The fourth-order valence-corrected chi connectivity index (χ4v) is 3.43. The number of amides is 1. The molecule has 3 aromatic carbocycles. The molecule has 0 aliphatic rings. The normalized spacial score (nSPS) is 10.7. The predicted molar refractivity (Wildman–Crippen MR) is 123 cm³/mol. The molecule has 0 atom stereocenters. The van der Waals surface area contributed by atoms with Gasteiger partial charge in [0.05, 0.1) is 6.54 Å². The molecule has 4 rings (SSSR count). The van der Waals surface area contributed by atoms with E-state index in [0.717, 1.165) is 5.56 Å². The van der Waals surface area contributed by atoms with E-state index in [2.05, 4.69) is 10.4 Å². The van der Waals surface area contributed by atoms with Gasteiger partial charge < -0.3 is 10.1 Å². The Labute approximate surface area is 194 Å². The molecule has 162 valence electrons. The Hall–Kier alpha value is -3.35. The van der Waals surface area contributed by atoms with Crippen molar-refractivity contribution in [3.05, 3.63) is 112 Å². The van der Waals surface area contributed by atoms with Crippen LogP contribution in [0, 0.1) is 5.82 Å². The fourth-order valence-electron chi connectivity index (χ4n) is 3.03. The molecule has 0 saturated heterocycles. The molecule has 1 amide bonds. The average molecular weight is 470 g/mol. The lowest BCUT2D eigenvalue weighted by Gasteiger charge is -2.08. The first kappa shape index (κ1) is 21.9. The van der Waals surface area contributed by atoms with E-state index in [1.807, 2.05) is 24.3 Å². The molecular weight excluding hydrogens is 452 g/mol. The molecule has 1 N–H and O–H groups in total. The van der Waals surface area contributed by atoms with Gasteiger partial charge in [0.2, 0.25) is 0 Å². The van der Waals surface area contributed by atoms with Gasteiger partial charge in [-0.3, -0.25) is 9.48 Å². The zero-order valence-electron chi connectivity index (χ0n) is 16.8.